The molecule has 0 aliphatic rings. The molecule has 0 fully saturated rings. The summed E-state index contributed by atoms with van der Waals surface area (Å²) in [6, 6.07) is 17.8. The average molecular weight is 383 g/mol. The van der Waals surface area contributed by atoms with Gasteiger partial charge in [-0.2, -0.15) is 4.98 Å². The van der Waals surface area contributed by atoms with Crippen LogP contribution < -0.4 is 15.4 Å². The standard InChI is InChI=1S/C21H23ClN4O/c1-15-13-20(25-18-14-17(22)10-11-19(18)27-2)26-21(24-15)23-12-6-9-16-7-4-3-5-8-16/h3-5,7-8,10-11,13-14H,6,9,12H2,1-2H3,(H2,23,24,25,26). The largest absolute Gasteiger partial charge is 0.495 e. The zero-order chi connectivity index (χ0) is 19.1. The lowest BCUT2D eigenvalue weighted by atomic mass is 10.1. The van der Waals surface area contributed by atoms with Gasteiger partial charge in [-0.25, -0.2) is 4.98 Å². The average Bonchev–Trinajstić information content (AvgIpc) is 2.66. The molecule has 1 heterocycles. The highest BCUT2D eigenvalue weighted by atomic mass is 35.5. The van der Waals surface area contributed by atoms with Gasteiger partial charge in [0.1, 0.15) is 11.6 Å². The molecule has 140 valence electrons. The first-order valence-corrected chi connectivity index (χ1v) is 9.26. The third kappa shape index (κ3) is 5.59. The van der Waals surface area contributed by atoms with Crippen molar-refractivity contribution in [2.75, 3.05) is 24.3 Å². The topological polar surface area (TPSA) is 59.1 Å². The van der Waals surface area contributed by atoms with Gasteiger partial charge in [0.25, 0.3) is 0 Å². The van der Waals surface area contributed by atoms with E-state index in [4.69, 9.17) is 16.3 Å². The van der Waals surface area contributed by atoms with Crippen LogP contribution in [0.1, 0.15) is 17.7 Å². The molecule has 27 heavy (non-hydrogen) atoms. The second-order valence-electron chi connectivity index (χ2n) is 6.20. The molecule has 0 bridgehead atoms. The summed E-state index contributed by atoms with van der Waals surface area (Å²) >= 11 is 6.10. The molecule has 0 spiro atoms. The van der Waals surface area contributed by atoms with Gasteiger partial charge in [-0.15, -0.1) is 0 Å². The number of benzene rings is 2. The first-order valence-electron chi connectivity index (χ1n) is 8.88. The van der Waals surface area contributed by atoms with Crippen molar-refractivity contribution in [2.24, 2.45) is 0 Å². The molecule has 0 saturated heterocycles. The fourth-order valence-electron chi connectivity index (χ4n) is 2.76. The second kappa shape index (κ2) is 9.24. The fourth-order valence-corrected chi connectivity index (χ4v) is 2.94. The summed E-state index contributed by atoms with van der Waals surface area (Å²) in [6.45, 7) is 2.75. The van der Waals surface area contributed by atoms with Gasteiger partial charge in [0.05, 0.1) is 12.8 Å². The SMILES string of the molecule is COc1ccc(Cl)cc1Nc1cc(C)nc(NCCCc2ccccc2)n1. The highest BCUT2D eigenvalue weighted by molar-refractivity contribution is 6.31. The second-order valence-corrected chi connectivity index (χ2v) is 6.64. The summed E-state index contributed by atoms with van der Waals surface area (Å²) in [5.74, 6) is 1.99. The molecule has 2 N–H and O–H groups in total. The molecule has 0 amide bonds. The molecule has 0 atom stereocenters. The number of rotatable bonds is 8. The summed E-state index contributed by atoms with van der Waals surface area (Å²) < 4.78 is 5.37. The smallest absolute Gasteiger partial charge is 0.224 e. The summed E-state index contributed by atoms with van der Waals surface area (Å²) in [5.41, 5.74) is 2.97. The number of aromatic nitrogens is 2. The van der Waals surface area contributed by atoms with Crippen molar-refractivity contribution in [3.8, 4) is 5.75 Å². The van der Waals surface area contributed by atoms with E-state index < -0.39 is 0 Å². The molecule has 0 aliphatic carbocycles. The number of aryl methyl sites for hydroxylation is 2. The summed E-state index contributed by atoms with van der Waals surface area (Å²) in [7, 11) is 1.62. The molecule has 0 unspecified atom stereocenters. The monoisotopic (exact) mass is 382 g/mol. The zero-order valence-corrected chi connectivity index (χ0v) is 16.3. The molecule has 3 rings (SSSR count). The number of ether oxygens (including phenoxy) is 1. The van der Waals surface area contributed by atoms with Gasteiger partial charge in [0.15, 0.2) is 0 Å². The van der Waals surface area contributed by atoms with Crippen LogP contribution in [0.2, 0.25) is 5.02 Å². The Balaban J connectivity index is 1.63. The van der Waals surface area contributed by atoms with Crippen molar-refractivity contribution in [3.05, 3.63) is 70.9 Å². The van der Waals surface area contributed by atoms with Gasteiger partial charge in [0, 0.05) is 23.3 Å². The minimum atomic E-state index is 0.603. The summed E-state index contributed by atoms with van der Waals surface area (Å²) in [5, 5.41) is 7.19. The van der Waals surface area contributed by atoms with Gasteiger partial charge in [-0.1, -0.05) is 41.9 Å². The van der Waals surface area contributed by atoms with Crippen LogP contribution in [0.5, 0.6) is 5.75 Å². The number of halogens is 1. The molecular formula is C21H23ClN4O. The Morgan fingerprint density at radius 2 is 1.85 bits per heavy atom. The van der Waals surface area contributed by atoms with Crippen LogP contribution in [0.4, 0.5) is 17.5 Å². The highest BCUT2D eigenvalue weighted by Crippen LogP contribution is 2.30. The summed E-state index contributed by atoms with van der Waals surface area (Å²) in [4.78, 5) is 9.01. The van der Waals surface area contributed by atoms with Gasteiger partial charge >= 0.3 is 0 Å². The summed E-state index contributed by atoms with van der Waals surface area (Å²) in [6.07, 6.45) is 2.02. The number of anilines is 3. The van der Waals surface area contributed by atoms with Crippen LogP contribution in [0, 0.1) is 6.92 Å². The van der Waals surface area contributed by atoms with Gasteiger partial charge in [-0.05, 0) is 43.5 Å². The third-order valence-electron chi connectivity index (χ3n) is 4.05. The number of nitrogens with one attached hydrogen (secondary N) is 2. The maximum Gasteiger partial charge on any atom is 0.224 e. The van der Waals surface area contributed by atoms with Crippen LogP contribution in [0.25, 0.3) is 0 Å². The molecule has 0 aliphatic heterocycles. The van der Waals surface area contributed by atoms with Crippen LogP contribution >= 0.6 is 11.6 Å². The molecule has 0 radical (unpaired) electrons. The van der Waals surface area contributed by atoms with Gasteiger partial charge < -0.3 is 15.4 Å². The Hall–Kier alpha value is -2.79. The van der Waals surface area contributed by atoms with E-state index in [1.165, 1.54) is 5.56 Å². The maximum absolute atomic E-state index is 6.10. The third-order valence-corrected chi connectivity index (χ3v) is 4.28. The molecule has 5 nitrogen and oxygen atoms in total. The van der Waals surface area contributed by atoms with Crippen molar-refractivity contribution in [3.63, 3.8) is 0 Å². The van der Waals surface area contributed by atoms with Gasteiger partial charge in [-0.3, -0.25) is 0 Å². The van der Waals surface area contributed by atoms with Crippen molar-refractivity contribution < 1.29 is 4.74 Å². The lowest BCUT2D eigenvalue weighted by molar-refractivity contribution is 0.417. The van der Waals surface area contributed by atoms with Crippen LogP contribution in [-0.2, 0) is 6.42 Å². The minimum absolute atomic E-state index is 0.603. The number of methoxy groups -OCH3 is 1. The molecule has 1 aromatic heterocycles. The van der Waals surface area contributed by atoms with E-state index >= 15 is 0 Å². The maximum atomic E-state index is 6.10. The number of nitrogens with zero attached hydrogens (tertiary/aromatic N) is 2. The molecular weight excluding hydrogens is 360 g/mol. The van der Waals surface area contributed by atoms with E-state index in [1.54, 1.807) is 13.2 Å². The molecule has 0 saturated carbocycles. The molecule has 6 heteroatoms. The van der Waals surface area contributed by atoms with E-state index in [2.05, 4.69) is 44.9 Å². The van der Waals surface area contributed by atoms with Crippen molar-refractivity contribution in [2.45, 2.75) is 19.8 Å². The van der Waals surface area contributed by atoms with Crippen LogP contribution in [0.15, 0.2) is 54.6 Å². The Kier molecular flexibility index (Phi) is 6.49. The predicted molar refractivity (Wildman–Crippen MR) is 111 cm³/mol. The van der Waals surface area contributed by atoms with Gasteiger partial charge in [0.2, 0.25) is 5.95 Å². The Labute approximate surface area is 164 Å². The fraction of sp³-hybridized carbons (Fsp3) is 0.238. The number of hydrogen-bond acceptors (Lipinski definition) is 5. The number of hydrogen-bond donors (Lipinski definition) is 2. The van der Waals surface area contributed by atoms with E-state index in [-0.39, 0.29) is 0 Å². The van der Waals surface area contributed by atoms with Crippen LogP contribution in [-0.4, -0.2) is 23.6 Å². The lowest BCUT2D eigenvalue weighted by Crippen LogP contribution is -2.08. The van der Waals surface area contributed by atoms with Crippen molar-refractivity contribution in [1.82, 2.24) is 9.97 Å². The Morgan fingerprint density at radius 3 is 2.63 bits per heavy atom. The Morgan fingerprint density at radius 1 is 1.04 bits per heavy atom. The minimum Gasteiger partial charge on any atom is -0.495 e. The Bertz CT molecular complexity index is 887. The highest BCUT2D eigenvalue weighted by Gasteiger charge is 2.07. The van der Waals surface area contributed by atoms with E-state index in [0.29, 0.717) is 22.5 Å². The van der Waals surface area contributed by atoms with Crippen molar-refractivity contribution in [1.29, 1.82) is 0 Å². The molecule has 3 aromatic rings. The predicted octanol–water partition coefficient (Wildman–Crippen LogP) is 5.24. The van der Waals surface area contributed by atoms with Crippen LogP contribution in [0.3, 0.4) is 0 Å². The van der Waals surface area contributed by atoms with Crippen molar-refractivity contribution >= 4 is 29.1 Å². The first kappa shape index (κ1) is 19.0. The zero-order valence-electron chi connectivity index (χ0n) is 15.5. The van der Waals surface area contributed by atoms with E-state index in [1.807, 2.05) is 31.2 Å². The van der Waals surface area contributed by atoms with E-state index in [0.717, 1.165) is 30.8 Å². The van der Waals surface area contributed by atoms with E-state index in [9.17, 15) is 0 Å². The first-order chi connectivity index (χ1) is 13.1. The quantitative estimate of drug-likeness (QED) is 0.522. The normalized spacial score (nSPS) is 10.5. The molecule has 2 aromatic carbocycles. The lowest BCUT2D eigenvalue weighted by Gasteiger charge is -2.13.